The fourth-order valence-corrected chi connectivity index (χ4v) is 3.45. The molecular weight excluding hydrogens is 328 g/mol. The molecule has 0 saturated carbocycles. The second kappa shape index (κ2) is 7.22. The van der Waals surface area contributed by atoms with Gasteiger partial charge in [0.25, 0.3) is 0 Å². The van der Waals surface area contributed by atoms with Gasteiger partial charge in [0.05, 0.1) is 6.07 Å². The third-order valence-electron chi connectivity index (χ3n) is 4.52. The van der Waals surface area contributed by atoms with Crippen LogP contribution in [-0.4, -0.2) is 58.6 Å². The smallest absolute Gasteiger partial charge is 0.325 e. The standard InChI is InChI=1S/C17H19ClN4O2/c18-12-2-3-15-13(10-12)14(11-20-15)16(17(23)24)22-8-6-21(7-9-22)5-1-4-19/h2-3,10-11,16,20H,1,5-9H2,(H,23,24)/t16-/m1/s1. The fraction of sp³-hybridized carbons (Fsp3) is 0.412. The summed E-state index contributed by atoms with van der Waals surface area (Å²) in [6, 6.07) is 6.90. The third kappa shape index (κ3) is 3.39. The summed E-state index contributed by atoms with van der Waals surface area (Å²) in [6.07, 6.45) is 2.27. The van der Waals surface area contributed by atoms with Gasteiger partial charge in [0, 0.05) is 66.8 Å². The molecule has 0 aliphatic carbocycles. The van der Waals surface area contributed by atoms with Gasteiger partial charge in [-0.2, -0.15) is 5.26 Å². The lowest BCUT2D eigenvalue weighted by atomic mass is 10.0. The van der Waals surface area contributed by atoms with Crippen molar-refractivity contribution < 1.29 is 9.90 Å². The molecule has 7 heteroatoms. The Morgan fingerprint density at radius 3 is 2.79 bits per heavy atom. The number of aromatic amines is 1. The molecule has 1 saturated heterocycles. The van der Waals surface area contributed by atoms with Crippen LogP contribution in [0.4, 0.5) is 0 Å². The number of H-pyrrole nitrogens is 1. The number of piperazine rings is 1. The lowest BCUT2D eigenvalue weighted by Crippen LogP contribution is -2.49. The third-order valence-corrected chi connectivity index (χ3v) is 4.75. The molecule has 2 aromatic rings. The molecule has 1 aromatic carbocycles. The van der Waals surface area contributed by atoms with E-state index in [2.05, 4.69) is 16.0 Å². The number of fused-ring (bicyclic) bond motifs is 1. The van der Waals surface area contributed by atoms with E-state index in [9.17, 15) is 9.90 Å². The van der Waals surface area contributed by atoms with Crippen molar-refractivity contribution in [3.63, 3.8) is 0 Å². The molecule has 24 heavy (non-hydrogen) atoms. The lowest BCUT2D eigenvalue weighted by Gasteiger charge is -2.37. The molecule has 126 valence electrons. The minimum absolute atomic E-state index is 0.503. The van der Waals surface area contributed by atoms with Crippen LogP contribution in [0.1, 0.15) is 18.0 Å². The highest BCUT2D eigenvalue weighted by Crippen LogP contribution is 2.31. The van der Waals surface area contributed by atoms with Crippen LogP contribution in [-0.2, 0) is 4.79 Å². The molecule has 1 atom stereocenters. The first-order chi connectivity index (χ1) is 11.6. The number of aliphatic carboxylic acids is 1. The van der Waals surface area contributed by atoms with Crippen molar-refractivity contribution in [2.45, 2.75) is 12.5 Å². The van der Waals surface area contributed by atoms with Gasteiger partial charge in [-0.15, -0.1) is 0 Å². The average Bonchev–Trinajstić information content (AvgIpc) is 2.97. The summed E-state index contributed by atoms with van der Waals surface area (Å²) in [6.45, 7) is 3.61. The van der Waals surface area contributed by atoms with Crippen LogP contribution >= 0.6 is 11.6 Å². The quantitative estimate of drug-likeness (QED) is 0.869. The number of nitriles is 1. The van der Waals surface area contributed by atoms with Crippen molar-refractivity contribution in [2.75, 3.05) is 32.7 Å². The monoisotopic (exact) mass is 346 g/mol. The van der Waals surface area contributed by atoms with Crippen LogP contribution in [0.5, 0.6) is 0 Å². The van der Waals surface area contributed by atoms with Crippen LogP contribution < -0.4 is 0 Å². The van der Waals surface area contributed by atoms with Crippen LogP contribution in [0.2, 0.25) is 5.02 Å². The van der Waals surface area contributed by atoms with E-state index >= 15 is 0 Å². The summed E-state index contributed by atoms with van der Waals surface area (Å²) in [5, 5.41) is 19.9. The lowest BCUT2D eigenvalue weighted by molar-refractivity contribution is -0.144. The van der Waals surface area contributed by atoms with Gasteiger partial charge in [0.2, 0.25) is 0 Å². The Labute approximate surface area is 145 Å². The molecule has 0 spiro atoms. The van der Waals surface area contributed by atoms with Crippen molar-refractivity contribution in [1.82, 2.24) is 14.8 Å². The van der Waals surface area contributed by atoms with E-state index in [0.29, 0.717) is 24.5 Å². The zero-order valence-electron chi connectivity index (χ0n) is 13.2. The largest absolute Gasteiger partial charge is 0.480 e. The predicted molar refractivity (Wildman–Crippen MR) is 91.9 cm³/mol. The number of nitrogens with one attached hydrogen (secondary N) is 1. The highest BCUT2D eigenvalue weighted by Gasteiger charge is 2.32. The molecule has 0 amide bonds. The van der Waals surface area contributed by atoms with Gasteiger partial charge in [-0.05, 0) is 18.2 Å². The molecule has 0 radical (unpaired) electrons. The van der Waals surface area contributed by atoms with E-state index in [0.717, 1.165) is 36.1 Å². The number of carboxylic acid groups (broad SMARTS) is 1. The van der Waals surface area contributed by atoms with Gasteiger partial charge in [-0.25, -0.2) is 0 Å². The first kappa shape index (κ1) is 16.8. The maximum Gasteiger partial charge on any atom is 0.325 e. The highest BCUT2D eigenvalue weighted by molar-refractivity contribution is 6.31. The van der Waals surface area contributed by atoms with Crippen LogP contribution in [0.15, 0.2) is 24.4 Å². The van der Waals surface area contributed by atoms with E-state index in [4.69, 9.17) is 16.9 Å². The SMILES string of the molecule is N#CCCN1CCN([C@@H](C(=O)O)c2c[nH]c3ccc(Cl)cc23)CC1. The number of carbonyl (C=O) groups is 1. The van der Waals surface area contributed by atoms with E-state index in [-0.39, 0.29) is 0 Å². The average molecular weight is 347 g/mol. The number of aromatic nitrogens is 1. The number of hydrogen-bond donors (Lipinski definition) is 2. The molecule has 6 nitrogen and oxygen atoms in total. The molecule has 1 fully saturated rings. The molecule has 3 rings (SSSR count). The van der Waals surface area contributed by atoms with Gasteiger partial charge in [0.1, 0.15) is 6.04 Å². The number of nitrogens with zero attached hydrogens (tertiary/aromatic N) is 3. The molecular formula is C17H19ClN4O2. The molecule has 1 aliphatic heterocycles. The summed E-state index contributed by atoms with van der Waals surface area (Å²) in [4.78, 5) is 19.2. The van der Waals surface area contributed by atoms with E-state index in [1.807, 2.05) is 17.0 Å². The number of hydrogen-bond acceptors (Lipinski definition) is 4. The molecule has 2 heterocycles. The van der Waals surface area contributed by atoms with Crippen molar-refractivity contribution >= 4 is 28.5 Å². The maximum atomic E-state index is 11.9. The van der Waals surface area contributed by atoms with Crippen molar-refractivity contribution in [3.8, 4) is 6.07 Å². The zero-order valence-corrected chi connectivity index (χ0v) is 14.0. The minimum atomic E-state index is -0.860. The molecule has 2 N–H and O–H groups in total. The number of benzene rings is 1. The maximum absolute atomic E-state index is 11.9. The normalized spacial score (nSPS) is 17.7. The van der Waals surface area contributed by atoms with Gasteiger partial charge < -0.3 is 10.1 Å². The summed E-state index contributed by atoms with van der Waals surface area (Å²) in [5.74, 6) is -0.860. The van der Waals surface area contributed by atoms with Crippen molar-refractivity contribution in [2.24, 2.45) is 0 Å². The Morgan fingerprint density at radius 1 is 1.38 bits per heavy atom. The van der Waals surface area contributed by atoms with Crippen LogP contribution in [0.3, 0.4) is 0 Å². The second-order valence-electron chi connectivity index (χ2n) is 5.96. The van der Waals surface area contributed by atoms with E-state index in [1.54, 1.807) is 12.3 Å². The first-order valence-corrected chi connectivity index (χ1v) is 8.30. The van der Waals surface area contributed by atoms with Gasteiger partial charge in [-0.1, -0.05) is 11.6 Å². The molecule has 1 aromatic heterocycles. The highest BCUT2D eigenvalue weighted by atomic mass is 35.5. The number of rotatable bonds is 5. The topological polar surface area (TPSA) is 83.4 Å². The number of carboxylic acids is 1. The van der Waals surface area contributed by atoms with E-state index < -0.39 is 12.0 Å². The summed E-state index contributed by atoms with van der Waals surface area (Å²) < 4.78 is 0. The van der Waals surface area contributed by atoms with E-state index in [1.165, 1.54) is 0 Å². The summed E-state index contributed by atoms with van der Waals surface area (Å²) in [7, 11) is 0. The Balaban J connectivity index is 1.82. The Hall–Kier alpha value is -2.07. The number of halogens is 1. The van der Waals surface area contributed by atoms with Gasteiger partial charge >= 0.3 is 5.97 Å². The summed E-state index contributed by atoms with van der Waals surface area (Å²) >= 11 is 6.08. The zero-order chi connectivity index (χ0) is 17.1. The van der Waals surface area contributed by atoms with Crippen molar-refractivity contribution in [1.29, 1.82) is 5.26 Å². The fourth-order valence-electron chi connectivity index (χ4n) is 3.28. The Kier molecular flexibility index (Phi) is 5.05. The minimum Gasteiger partial charge on any atom is -0.480 e. The second-order valence-corrected chi connectivity index (χ2v) is 6.40. The predicted octanol–water partition coefficient (Wildman–Crippen LogP) is 2.48. The van der Waals surface area contributed by atoms with Crippen LogP contribution in [0, 0.1) is 11.3 Å². The van der Waals surface area contributed by atoms with Crippen LogP contribution in [0.25, 0.3) is 10.9 Å². The molecule has 0 bridgehead atoms. The Morgan fingerprint density at radius 2 is 2.12 bits per heavy atom. The Bertz CT molecular complexity index is 774. The molecule has 1 aliphatic rings. The first-order valence-electron chi connectivity index (χ1n) is 7.93. The van der Waals surface area contributed by atoms with Crippen molar-refractivity contribution in [3.05, 3.63) is 35.0 Å². The molecule has 0 unspecified atom stereocenters. The summed E-state index contributed by atoms with van der Waals surface area (Å²) in [5.41, 5.74) is 1.62. The van der Waals surface area contributed by atoms with Gasteiger partial charge in [-0.3, -0.25) is 14.6 Å². The van der Waals surface area contributed by atoms with Gasteiger partial charge in [0.15, 0.2) is 0 Å².